The third kappa shape index (κ3) is 11.9. The Morgan fingerprint density at radius 1 is 0.800 bits per heavy atom. The molecule has 0 aromatic heterocycles. The zero-order valence-corrected chi connectivity index (χ0v) is 23.8. The van der Waals surface area contributed by atoms with Crippen molar-refractivity contribution in [3.8, 4) is 23.0 Å². The molecule has 0 spiro atoms. The maximum atomic E-state index is 11.6. The third-order valence-electron chi connectivity index (χ3n) is 5.46. The van der Waals surface area contributed by atoms with Gasteiger partial charge in [-0.1, -0.05) is 13.2 Å². The molecular formula is C31H40O9. The van der Waals surface area contributed by atoms with Crippen molar-refractivity contribution in [2.24, 2.45) is 0 Å². The summed E-state index contributed by atoms with van der Waals surface area (Å²) < 4.78 is 27.7. The molecule has 0 saturated carbocycles. The minimum absolute atomic E-state index is 0.0453. The van der Waals surface area contributed by atoms with Gasteiger partial charge in [0.1, 0.15) is 47.9 Å². The van der Waals surface area contributed by atoms with Crippen molar-refractivity contribution in [2.75, 3.05) is 13.2 Å². The molecular weight excluding hydrogens is 516 g/mol. The molecule has 2 N–H and O–H groups in total. The van der Waals surface area contributed by atoms with Gasteiger partial charge in [0, 0.05) is 24.0 Å². The standard InChI is InChI=1S/C31H40O9/c1-20(2)29(34)37-19-24(33)17-31(6,7)40-28-14-12-27(13-15-28)39-26-10-8-25(9-11-26)36-18-23(32)16-22(5)38-30(35)21(3)4/h8-15,22-24,32-33H,1,3,16-19H2,2,4-7H3/t22-,23?,24?/m1/s1. The Kier molecular flexibility index (Phi) is 12.2. The second-order valence-electron chi connectivity index (χ2n) is 10.3. The minimum Gasteiger partial charge on any atom is -0.491 e. The lowest BCUT2D eigenvalue weighted by atomic mass is 10.0. The SMILES string of the molecule is C=C(C)C(=O)OCC(O)CC(C)(C)Oc1ccc(Oc2ccc(OCC(O)C[C@@H](C)OC(=O)C(=C)C)cc2)cc1. The summed E-state index contributed by atoms with van der Waals surface area (Å²) in [6.45, 7) is 15.4. The van der Waals surface area contributed by atoms with Crippen LogP contribution < -0.4 is 14.2 Å². The summed E-state index contributed by atoms with van der Waals surface area (Å²) in [5.74, 6) is 1.31. The number of benzene rings is 2. The number of esters is 2. The smallest absolute Gasteiger partial charge is 0.333 e. The number of carbonyl (C=O) groups excluding carboxylic acids is 2. The Hall–Kier alpha value is -3.82. The van der Waals surface area contributed by atoms with Gasteiger partial charge in [-0.05, 0) is 83.1 Å². The van der Waals surface area contributed by atoms with Crippen molar-refractivity contribution in [1.82, 2.24) is 0 Å². The van der Waals surface area contributed by atoms with Crippen LogP contribution in [0.2, 0.25) is 0 Å². The van der Waals surface area contributed by atoms with Crippen LogP contribution in [0.15, 0.2) is 72.8 Å². The minimum atomic E-state index is -0.883. The average Bonchev–Trinajstić information content (AvgIpc) is 2.87. The van der Waals surface area contributed by atoms with Gasteiger partial charge in [0.2, 0.25) is 0 Å². The van der Waals surface area contributed by atoms with E-state index in [4.69, 9.17) is 23.7 Å². The van der Waals surface area contributed by atoms with E-state index < -0.39 is 35.9 Å². The maximum absolute atomic E-state index is 11.6. The number of ether oxygens (including phenoxy) is 5. The summed E-state index contributed by atoms with van der Waals surface area (Å²) in [7, 11) is 0. The topological polar surface area (TPSA) is 121 Å². The fourth-order valence-electron chi connectivity index (χ4n) is 3.57. The molecule has 9 nitrogen and oxygen atoms in total. The van der Waals surface area contributed by atoms with Crippen molar-refractivity contribution in [2.45, 2.75) is 71.4 Å². The van der Waals surface area contributed by atoms with Crippen molar-refractivity contribution >= 4 is 11.9 Å². The van der Waals surface area contributed by atoms with E-state index in [1.54, 1.807) is 69.3 Å². The van der Waals surface area contributed by atoms with Crippen molar-refractivity contribution < 1.29 is 43.5 Å². The van der Waals surface area contributed by atoms with E-state index in [2.05, 4.69) is 13.2 Å². The van der Waals surface area contributed by atoms with Crippen LogP contribution in [0.1, 0.15) is 47.5 Å². The van der Waals surface area contributed by atoms with Gasteiger partial charge >= 0.3 is 11.9 Å². The molecule has 2 aromatic carbocycles. The van der Waals surface area contributed by atoms with Crippen molar-refractivity contribution in [1.29, 1.82) is 0 Å². The second kappa shape index (κ2) is 15.1. The Morgan fingerprint density at radius 2 is 1.30 bits per heavy atom. The van der Waals surface area contributed by atoms with Gasteiger partial charge < -0.3 is 33.9 Å². The van der Waals surface area contributed by atoms with Gasteiger partial charge in [-0.3, -0.25) is 0 Å². The van der Waals surface area contributed by atoms with Gasteiger partial charge in [-0.25, -0.2) is 9.59 Å². The Morgan fingerprint density at radius 3 is 1.82 bits per heavy atom. The lowest BCUT2D eigenvalue weighted by Gasteiger charge is -2.28. The summed E-state index contributed by atoms with van der Waals surface area (Å²) in [6, 6.07) is 14.0. The summed E-state index contributed by atoms with van der Waals surface area (Å²) in [5.41, 5.74) is -0.133. The zero-order valence-electron chi connectivity index (χ0n) is 23.8. The number of hydrogen-bond donors (Lipinski definition) is 2. The number of rotatable bonds is 16. The third-order valence-corrected chi connectivity index (χ3v) is 5.46. The second-order valence-corrected chi connectivity index (χ2v) is 10.3. The fraction of sp³-hybridized carbons (Fsp3) is 0.419. The van der Waals surface area contributed by atoms with Crippen LogP contribution in [-0.4, -0.2) is 59.3 Å². The molecule has 0 saturated heterocycles. The summed E-state index contributed by atoms with van der Waals surface area (Å²) >= 11 is 0. The number of aliphatic hydroxyl groups excluding tert-OH is 2. The lowest BCUT2D eigenvalue weighted by molar-refractivity contribution is -0.145. The molecule has 0 radical (unpaired) electrons. The Bertz CT molecular complexity index is 1140. The van der Waals surface area contributed by atoms with E-state index in [1.165, 1.54) is 0 Å². The molecule has 0 aliphatic heterocycles. The first kappa shape index (κ1) is 32.4. The molecule has 0 aliphatic rings. The van der Waals surface area contributed by atoms with Crippen LogP contribution in [-0.2, 0) is 19.1 Å². The molecule has 2 aromatic rings. The van der Waals surface area contributed by atoms with E-state index in [0.717, 1.165) is 0 Å². The highest BCUT2D eigenvalue weighted by atomic mass is 16.5. The maximum Gasteiger partial charge on any atom is 0.333 e. The predicted molar refractivity (Wildman–Crippen MR) is 151 cm³/mol. The molecule has 3 atom stereocenters. The average molecular weight is 557 g/mol. The van der Waals surface area contributed by atoms with Gasteiger partial charge in [-0.15, -0.1) is 0 Å². The van der Waals surface area contributed by atoms with Crippen LogP contribution in [0, 0.1) is 0 Å². The molecule has 40 heavy (non-hydrogen) atoms. The van der Waals surface area contributed by atoms with Crippen molar-refractivity contribution in [3.63, 3.8) is 0 Å². The molecule has 0 fully saturated rings. The molecule has 0 heterocycles. The summed E-state index contributed by atoms with van der Waals surface area (Å²) in [6.07, 6.45) is -1.67. The van der Waals surface area contributed by atoms with Crippen LogP contribution in [0.4, 0.5) is 0 Å². The first-order chi connectivity index (χ1) is 18.7. The highest BCUT2D eigenvalue weighted by Gasteiger charge is 2.25. The molecule has 218 valence electrons. The first-order valence-corrected chi connectivity index (χ1v) is 13.0. The fourth-order valence-corrected chi connectivity index (χ4v) is 3.57. The molecule has 0 bridgehead atoms. The highest BCUT2D eigenvalue weighted by Crippen LogP contribution is 2.28. The quantitative estimate of drug-likeness (QED) is 0.214. The predicted octanol–water partition coefficient (Wildman–Crippen LogP) is 5.14. The van der Waals surface area contributed by atoms with E-state index in [9.17, 15) is 19.8 Å². The summed E-state index contributed by atoms with van der Waals surface area (Å²) in [5, 5.41) is 20.4. The lowest BCUT2D eigenvalue weighted by Crippen LogP contribution is -2.35. The molecule has 9 heteroatoms. The van der Waals surface area contributed by atoms with Crippen LogP contribution in [0.25, 0.3) is 0 Å². The number of aliphatic hydroxyl groups is 2. The number of hydrogen-bond acceptors (Lipinski definition) is 9. The van der Waals surface area contributed by atoms with E-state index in [1.807, 2.05) is 13.8 Å². The van der Waals surface area contributed by atoms with Gasteiger partial charge in [0.15, 0.2) is 0 Å². The first-order valence-electron chi connectivity index (χ1n) is 13.0. The monoisotopic (exact) mass is 556 g/mol. The highest BCUT2D eigenvalue weighted by molar-refractivity contribution is 5.87. The van der Waals surface area contributed by atoms with Crippen LogP contribution in [0.5, 0.6) is 23.0 Å². The Labute approximate surface area is 236 Å². The van der Waals surface area contributed by atoms with Gasteiger partial charge in [0.25, 0.3) is 0 Å². The molecule has 2 unspecified atom stereocenters. The molecule has 0 aliphatic carbocycles. The van der Waals surface area contributed by atoms with E-state index in [-0.39, 0.29) is 31.6 Å². The van der Waals surface area contributed by atoms with Crippen LogP contribution in [0.3, 0.4) is 0 Å². The summed E-state index contributed by atoms with van der Waals surface area (Å²) in [4.78, 5) is 23.1. The van der Waals surface area contributed by atoms with Crippen LogP contribution >= 0.6 is 0 Å². The van der Waals surface area contributed by atoms with Crippen molar-refractivity contribution in [3.05, 3.63) is 72.8 Å². The Balaban J connectivity index is 1.80. The van der Waals surface area contributed by atoms with Gasteiger partial charge in [0.05, 0.1) is 12.2 Å². The zero-order chi connectivity index (χ0) is 29.9. The normalized spacial score (nSPS) is 13.4. The largest absolute Gasteiger partial charge is 0.491 e. The van der Waals surface area contributed by atoms with E-state index >= 15 is 0 Å². The molecule has 0 amide bonds. The number of carbonyl (C=O) groups is 2. The molecule has 2 rings (SSSR count). The van der Waals surface area contributed by atoms with E-state index in [0.29, 0.717) is 28.6 Å². The van der Waals surface area contributed by atoms with Gasteiger partial charge in [-0.2, -0.15) is 0 Å².